The van der Waals surface area contributed by atoms with Gasteiger partial charge < -0.3 is 14.7 Å². The van der Waals surface area contributed by atoms with Gasteiger partial charge in [-0.2, -0.15) is 0 Å². The van der Waals surface area contributed by atoms with Crippen LogP contribution in [0.3, 0.4) is 0 Å². The molecular formula is C18H19ClN2O4S. The zero-order valence-corrected chi connectivity index (χ0v) is 16.0. The maximum Gasteiger partial charge on any atom is 0.308 e. The lowest BCUT2D eigenvalue weighted by Gasteiger charge is -2.16. The van der Waals surface area contributed by atoms with E-state index in [-0.39, 0.29) is 18.4 Å². The van der Waals surface area contributed by atoms with Gasteiger partial charge in [0.25, 0.3) is 5.91 Å². The SMILES string of the molecule is COCc1nc(C)c(C(=O)N2C[C@@H](C(=O)O)[C@H](c3ccc(Cl)cc3)C2)s1. The molecule has 2 atom stereocenters. The van der Waals surface area contributed by atoms with Crippen molar-refractivity contribution in [3.63, 3.8) is 0 Å². The number of thiazole rings is 1. The third-order valence-electron chi connectivity index (χ3n) is 4.53. The zero-order valence-electron chi connectivity index (χ0n) is 14.4. The van der Waals surface area contributed by atoms with Gasteiger partial charge >= 0.3 is 5.97 Å². The van der Waals surface area contributed by atoms with E-state index in [0.29, 0.717) is 28.7 Å². The Hall–Kier alpha value is -1.96. The number of aryl methyl sites for hydroxylation is 1. The number of methoxy groups -OCH3 is 1. The largest absolute Gasteiger partial charge is 0.481 e. The van der Waals surface area contributed by atoms with Crippen molar-refractivity contribution >= 4 is 34.8 Å². The molecular weight excluding hydrogens is 376 g/mol. The molecule has 0 saturated carbocycles. The Morgan fingerprint density at radius 3 is 2.65 bits per heavy atom. The molecule has 6 nitrogen and oxygen atoms in total. The summed E-state index contributed by atoms with van der Waals surface area (Å²) in [5.41, 5.74) is 1.52. The summed E-state index contributed by atoms with van der Waals surface area (Å²) in [4.78, 5) is 31.1. The van der Waals surface area contributed by atoms with Crippen LogP contribution in [0.1, 0.15) is 31.9 Å². The van der Waals surface area contributed by atoms with Crippen LogP contribution in [0.2, 0.25) is 5.02 Å². The lowest BCUT2D eigenvalue weighted by Crippen LogP contribution is -2.29. The first-order chi connectivity index (χ1) is 12.4. The third kappa shape index (κ3) is 3.75. The van der Waals surface area contributed by atoms with Gasteiger partial charge in [0.1, 0.15) is 9.88 Å². The third-order valence-corrected chi connectivity index (χ3v) is 5.90. The summed E-state index contributed by atoms with van der Waals surface area (Å²) in [5.74, 6) is -1.99. The Kier molecular flexibility index (Phi) is 5.60. The number of rotatable bonds is 5. The van der Waals surface area contributed by atoms with Crippen molar-refractivity contribution in [2.75, 3.05) is 20.2 Å². The average molecular weight is 395 g/mol. The summed E-state index contributed by atoms with van der Waals surface area (Å²) in [6, 6.07) is 7.13. The molecule has 0 spiro atoms. The molecule has 0 radical (unpaired) electrons. The Morgan fingerprint density at radius 1 is 1.35 bits per heavy atom. The minimum atomic E-state index is -0.902. The van der Waals surface area contributed by atoms with Crippen molar-refractivity contribution in [1.82, 2.24) is 9.88 Å². The summed E-state index contributed by atoms with van der Waals surface area (Å²) in [6.07, 6.45) is 0. The normalized spacial score (nSPS) is 19.7. The van der Waals surface area contributed by atoms with Gasteiger partial charge in [-0.05, 0) is 24.6 Å². The molecule has 0 aliphatic carbocycles. The molecule has 0 unspecified atom stereocenters. The predicted molar refractivity (Wildman–Crippen MR) is 98.8 cm³/mol. The number of carbonyl (C=O) groups excluding carboxylic acids is 1. The molecule has 26 heavy (non-hydrogen) atoms. The fourth-order valence-electron chi connectivity index (χ4n) is 3.25. The molecule has 1 aliphatic rings. The van der Waals surface area contributed by atoms with Crippen LogP contribution in [0.15, 0.2) is 24.3 Å². The van der Waals surface area contributed by atoms with Gasteiger partial charge in [0.05, 0.1) is 18.2 Å². The molecule has 1 aromatic heterocycles. The van der Waals surface area contributed by atoms with Crippen LogP contribution in [0.25, 0.3) is 0 Å². The van der Waals surface area contributed by atoms with Gasteiger partial charge in [-0.1, -0.05) is 23.7 Å². The van der Waals surface area contributed by atoms with Gasteiger partial charge in [-0.25, -0.2) is 4.98 Å². The van der Waals surface area contributed by atoms with Crippen LogP contribution in [0.4, 0.5) is 0 Å². The van der Waals surface area contributed by atoms with E-state index in [9.17, 15) is 14.7 Å². The molecule has 1 aromatic carbocycles. The standard InChI is InChI=1S/C18H19ClN2O4S/c1-10-16(26-15(20-10)9-25-2)17(22)21-7-13(14(8-21)18(23)24)11-3-5-12(19)6-4-11/h3-6,13-14H,7-9H2,1-2H3,(H,23,24)/t13-,14+/m0/s1. The molecule has 3 rings (SSSR count). The summed E-state index contributed by atoms with van der Waals surface area (Å²) < 4.78 is 5.07. The topological polar surface area (TPSA) is 79.7 Å². The number of likely N-dealkylation sites (tertiary alicyclic amines) is 1. The van der Waals surface area contributed by atoms with E-state index in [1.807, 2.05) is 12.1 Å². The fourth-order valence-corrected chi connectivity index (χ4v) is 4.38. The summed E-state index contributed by atoms with van der Waals surface area (Å²) in [7, 11) is 1.58. The van der Waals surface area contributed by atoms with Crippen LogP contribution in [-0.4, -0.2) is 47.1 Å². The summed E-state index contributed by atoms with van der Waals surface area (Å²) >= 11 is 7.22. The van der Waals surface area contributed by atoms with Crippen LogP contribution < -0.4 is 0 Å². The highest BCUT2D eigenvalue weighted by Gasteiger charge is 2.41. The number of aliphatic carboxylic acids is 1. The quantitative estimate of drug-likeness (QED) is 0.842. The van der Waals surface area contributed by atoms with Gasteiger partial charge in [0, 0.05) is 31.1 Å². The first kappa shape index (κ1) is 18.8. The molecule has 2 aromatic rings. The van der Waals surface area contributed by atoms with E-state index in [0.717, 1.165) is 10.6 Å². The lowest BCUT2D eigenvalue weighted by molar-refractivity contribution is -0.141. The molecule has 1 aliphatic heterocycles. The Balaban J connectivity index is 1.84. The van der Waals surface area contributed by atoms with Gasteiger partial charge in [0.15, 0.2) is 0 Å². The number of nitrogens with zero attached hydrogens (tertiary/aromatic N) is 2. The van der Waals surface area contributed by atoms with E-state index in [2.05, 4.69) is 4.98 Å². The number of amides is 1. The highest BCUT2D eigenvalue weighted by atomic mass is 35.5. The van der Waals surface area contributed by atoms with E-state index in [4.69, 9.17) is 16.3 Å². The summed E-state index contributed by atoms with van der Waals surface area (Å²) in [6.45, 7) is 2.67. The predicted octanol–water partition coefficient (Wildman–Crippen LogP) is 3.19. The molecule has 138 valence electrons. The highest BCUT2D eigenvalue weighted by Crippen LogP contribution is 2.35. The van der Waals surface area contributed by atoms with Crippen molar-refractivity contribution in [2.45, 2.75) is 19.4 Å². The number of ether oxygens (including phenoxy) is 1. The molecule has 1 fully saturated rings. The van der Waals surface area contributed by atoms with Crippen molar-refractivity contribution in [3.8, 4) is 0 Å². The minimum absolute atomic E-state index is 0.176. The number of carboxylic acid groups (broad SMARTS) is 1. The number of aromatic nitrogens is 1. The van der Waals surface area contributed by atoms with Crippen LogP contribution >= 0.6 is 22.9 Å². The minimum Gasteiger partial charge on any atom is -0.481 e. The molecule has 0 bridgehead atoms. The van der Waals surface area contributed by atoms with Crippen molar-refractivity contribution in [2.24, 2.45) is 5.92 Å². The average Bonchev–Trinajstić information content (AvgIpc) is 3.19. The second kappa shape index (κ2) is 7.73. The van der Waals surface area contributed by atoms with Gasteiger partial charge in [-0.15, -0.1) is 11.3 Å². The Bertz CT molecular complexity index is 821. The molecule has 2 heterocycles. The van der Waals surface area contributed by atoms with E-state index in [1.54, 1.807) is 31.1 Å². The smallest absolute Gasteiger partial charge is 0.308 e. The van der Waals surface area contributed by atoms with Crippen molar-refractivity contribution in [3.05, 3.63) is 50.4 Å². The van der Waals surface area contributed by atoms with E-state index < -0.39 is 11.9 Å². The number of hydrogen-bond acceptors (Lipinski definition) is 5. The summed E-state index contributed by atoms with van der Waals surface area (Å²) in [5, 5.41) is 10.9. The second-order valence-corrected chi connectivity index (χ2v) is 7.79. The first-order valence-corrected chi connectivity index (χ1v) is 9.33. The number of benzene rings is 1. The number of carboxylic acids is 1. The lowest BCUT2D eigenvalue weighted by atomic mass is 9.89. The zero-order chi connectivity index (χ0) is 18.8. The monoisotopic (exact) mass is 394 g/mol. The van der Waals surface area contributed by atoms with Crippen LogP contribution in [0, 0.1) is 12.8 Å². The maximum absolute atomic E-state index is 12.9. The first-order valence-electron chi connectivity index (χ1n) is 8.13. The van der Waals surface area contributed by atoms with E-state index >= 15 is 0 Å². The van der Waals surface area contributed by atoms with Crippen molar-refractivity contribution < 1.29 is 19.4 Å². The van der Waals surface area contributed by atoms with E-state index in [1.165, 1.54) is 11.3 Å². The molecule has 1 N–H and O–H groups in total. The van der Waals surface area contributed by atoms with Crippen molar-refractivity contribution in [1.29, 1.82) is 0 Å². The Labute approximate surface area is 160 Å². The van der Waals surface area contributed by atoms with Crippen LogP contribution in [0.5, 0.6) is 0 Å². The van der Waals surface area contributed by atoms with Crippen LogP contribution in [-0.2, 0) is 16.1 Å². The van der Waals surface area contributed by atoms with Gasteiger partial charge in [0.2, 0.25) is 0 Å². The molecule has 8 heteroatoms. The Morgan fingerprint density at radius 2 is 2.04 bits per heavy atom. The number of hydrogen-bond donors (Lipinski definition) is 1. The van der Waals surface area contributed by atoms with Gasteiger partial charge in [-0.3, -0.25) is 9.59 Å². The second-order valence-electron chi connectivity index (χ2n) is 6.27. The maximum atomic E-state index is 12.9. The fraction of sp³-hybridized carbons (Fsp3) is 0.389. The number of carbonyl (C=O) groups is 2. The molecule has 1 amide bonds. The molecule has 1 saturated heterocycles. The highest BCUT2D eigenvalue weighted by molar-refractivity contribution is 7.13. The number of halogens is 1.